The van der Waals surface area contributed by atoms with Gasteiger partial charge in [0.1, 0.15) is 0 Å². The average molecular weight is 447 g/mol. The van der Waals surface area contributed by atoms with Crippen molar-refractivity contribution < 1.29 is 0 Å². The molecule has 0 bridgehead atoms. The number of rotatable bonds is 5. The van der Waals surface area contributed by atoms with E-state index in [9.17, 15) is 0 Å². The zero-order valence-corrected chi connectivity index (χ0v) is 18.2. The molecule has 0 saturated carbocycles. The van der Waals surface area contributed by atoms with E-state index in [2.05, 4.69) is 33.0 Å². The van der Waals surface area contributed by atoms with Crippen LogP contribution in [0.5, 0.6) is 0 Å². The molecule has 1 fully saturated rings. The van der Waals surface area contributed by atoms with Crippen molar-refractivity contribution in [3.8, 4) is 0 Å². The van der Waals surface area contributed by atoms with Gasteiger partial charge in [0.25, 0.3) is 0 Å². The number of nitrogens with zero attached hydrogens (tertiary/aromatic N) is 3. The number of halogens is 3. The lowest BCUT2D eigenvalue weighted by Gasteiger charge is -2.43. The van der Waals surface area contributed by atoms with Gasteiger partial charge in [-0.25, -0.2) is 0 Å². The summed E-state index contributed by atoms with van der Waals surface area (Å²) in [5.41, 5.74) is 3.51. The Hall–Kier alpha value is -1.78. The lowest BCUT2D eigenvalue weighted by atomic mass is 10.0. The van der Waals surface area contributed by atoms with Gasteiger partial charge in [0.05, 0.1) is 16.8 Å². The molecule has 1 aliphatic heterocycles. The Morgan fingerprint density at radius 2 is 1.72 bits per heavy atom. The number of anilines is 1. The third-order valence-corrected chi connectivity index (χ3v) is 6.17. The number of benzene rings is 2. The molecule has 0 radical (unpaired) electrons. The molecule has 29 heavy (non-hydrogen) atoms. The molecule has 0 spiro atoms. The molecule has 0 N–H and O–H groups in total. The second-order valence-corrected chi connectivity index (χ2v) is 8.55. The molecule has 3 nitrogen and oxygen atoms in total. The van der Waals surface area contributed by atoms with Crippen LogP contribution in [-0.2, 0) is 6.42 Å². The Kier molecular flexibility index (Phi) is 6.61. The lowest BCUT2D eigenvalue weighted by molar-refractivity contribution is 0.226. The van der Waals surface area contributed by atoms with Crippen molar-refractivity contribution in [1.82, 2.24) is 9.88 Å². The summed E-state index contributed by atoms with van der Waals surface area (Å²) < 4.78 is 0. The van der Waals surface area contributed by atoms with Crippen LogP contribution in [0.3, 0.4) is 0 Å². The molecular weight excluding hydrogens is 425 g/mol. The molecule has 0 amide bonds. The van der Waals surface area contributed by atoms with E-state index in [1.807, 2.05) is 48.8 Å². The smallest absolute Gasteiger partial charge is 0.0670 e. The summed E-state index contributed by atoms with van der Waals surface area (Å²) in [7, 11) is 0. The van der Waals surface area contributed by atoms with Gasteiger partial charge in [-0.1, -0.05) is 53.0 Å². The van der Waals surface area contributed by atoms with Gasteiger partial charge in [0, 0.05) is 48.6 Å². The van der Waals surface area contributed by atoms with E-state index in [0.717, 1.165) is 43.3 Å². The molecule has 3 aromatic rings. The van der Waals surface area contributed by atoms with E-state index < -0.39 is 0 Å². The van der Waals surface area contributed by atoms with E-state index >= 15 is 0 Å². The number of pyridine rings is 1. The molecule has 6 heteroatoms. The summed E-state index contributed by atoms with van der Waals surface area (Å²) in [4.78, 5) is 9.11. The van der Waals surface area contributed by atoms with Gasteiger partial charge in [-0.2, -0.15) is 0 Å². The zero-order chi connectivity index (χ0) is 20.2. The maximum atomic E-state index is 6.55. The fraction of sp³-hybridized carbons (Fsp3) is 0.261. The topological polar surface area (TPSA) is 19.4 Å². The quantitative estimate of drug-likeness (QED) is 0.469. The summed E-state index contributed by atoms with van der Waals surface area (Å²) in [5.74, 6) is 0. The molecule has 150 valence electrons. The monoisotopic (exact) mass is 445 g/mol. The molecule has 4 rings (SSSR count). The van der Waals surface area contributed by atoms with Gasteiger partial charge in [-0.15, -0.1) is 0 Å². The maximum Gasteiger partial charge on any atom is 0.0670 e. The molecule has 1 aliphatic rings. The van der Waals surface area contributed by atoms with Crippen LogP contribution in [0.1, 0.15) is 17.2 Å². The molecule has 2 heterocycles. The van der Waals surface area contributed by atoms with Gasteiger partial charge < -0.3 is 4.90 Å². The molecule has 1 atom stereocenters. The van der Waals surface area contributed by atoms with Gasteiger partial charge in [0.15, 0.2) is 0 Å². The van der Waals surface area contributed by atoms with Crippen LogP contribution >= 0.6 is 34.8 Å². The van der Waals surface area contributed by atoms with Gasteiger partial charge in [-0.3, -0.25) is 9.88 Å². The van der Waals surface area contributed by atoms with Crippen LogP contribution in [0.2, 0.25) is 15.1 Å². The largest absolute Gasteiger partial charge is 0.361 e. The molecule has 0 aliphatic carbocycles. The van der Waals surface area contributed by atoms with Crippen LogP contribution in [0.25, 0.3) is 0 Å². The van der Waals surface area contributed by atoms with E-state index in [4.69, 9.17) is 34.8 Å². The average Bonchev–Trinajstić information content (AvgIpc) is 2.74. The van der Waals surface area contributed by atoms with E-state index in [-0.39, 0.29) is 6.04 Å². The third kappa shape index (κ3) is 5.04. The highest BCUT2D eigenvalue weighted by Gasteiger charge is 2.29. The highest BCUT2D eigenvalue weighted by Crippen LogP contribution is 2.36. The highest BCUT2D eigenvalue weighted by molar-refractivity contribution is 6.36. The van der Waals surface area contributed by atoms with Crippen molar-refractivity contribution in [3.05, 3.63) is 93.2 Å². The third-order valence-electron chi connectivity index (χ3n) is 5.38. The van der Waals surface area contributed by atoms with Crippen molar-refractivity contribution in [3.63, 3.8) is 0 Å². The van der Waals surface area contributed by atoms with Crippen molar-refractivity contribution in [2.24, 2.45) is 0 Å². The summed E-state index contributed by atoms with van der Waals surface area (Å²) in [6, 6.07) is 18.2. The molecule has 1 unspecified atom stereocenters. The standard InChI is InChI=1S/C23H22Cl3N3/c24-19-5-3-18(4-6-19)23-16-28(11-9-17-2-1-10-27-15-17)12-13-29(23)22-8-7-20(25)14-21(22)26/h1-8,10,14-15,23H,9,11-13,16H2. The maximum absolute atomic E-state index is 6.55. The number of aromatic nitrogens is 1. The number of hydrogen-bond acceptors (Lipinski definition) is 3. The molecule has 2 aromatic carbocycles. The minimum atomic E-state index is 0.189. The molecule has 1 aromatic heterocycles. The Bertz CT molecular complexity index is 947. The van der Waals surface area contributed by atoms with Gasteiger partial charge >= 0.3 is 0 Å². The predicted molar refractivity (Wildman–Crippen MR) is 122 cm³/mol. The molecular formula is C23H22Cl3N3. The summed E-state index contributed by atoms with van der Waals surface area (Å²) in [5, 5.41) is 2.08. The minimum Gasteiger partial charge on any atom is -0.361 e. The Balaban J connectivity index is 1.56. The molecule has 1 saturated heterocycles. The van der Waals surface area contributed by atoms with Gasteiger partial charge in [-0.05, 0) is 53.9 Å². The van der Waals surface area contributed by atoms with Crippen LogP contribution in [0, 0.1) is 0 Å². The fourth-order valence-corrected chi connectivity index (χ4v) is 4.49. The number of hydrogen-bond donors (Lipinski definition) is 0. The van der Waals surface area contributed by atoms with Crippen LogP contribution < -0.4 is 4.90 Å². The van der Waals surface area contributed by atoms with E-state index in [1.54, 1.807) is 0 Å². The predicted octanol–water partition coefficient (Wildman–Crippen LogP) is 6.15. The first kappa shape index (κ1) is 20.5. The fourth-order valence-electron chi connectivity index (χ4n) is 3.85. The lowest BCUT2D eigenvalue weighted by Crippen LogP contribution is -2.49. The Morgan fingerprint density at radius 1 is 0.931 bits per heavy atom. The van der Waals surface area contributed by atoms with Crippen molar-refractivity contribution >= 4 is 40.5 Å². The minimum absolute atomic E-state index is 0.189. The highest BCUT2D eigenvalue weighted by atomic mass is 35.5. The van der Waals surface area contributed by atoms with Crippen LogP contribution in [0.15, 0.2) is 67.0 Å². The first-order valence-corrected chi connectivity index (χ1v) is 10.8. The van der Waals surface area contributed by atoms with Crippen LogP contribution in [-0.4, -0.2) is 36.1 Å². The second-order valence-electron chi connectivity index (χ2n) is 7.27. The number of piperazine rings is 1. The first-order valence-electron chi connectivity index (χ1n) is 9.68. The van der Waals surface area contributed by atoms with Crippen molar-refractivity contribution in [1.29, 1.82) is 0 Å². The zero-order valence-electron chi connectivity index (χ0n) is 15.9. The van der Waals surface area contributed by atoms with Crippen LogP contribution in [0.4, 0.5) is 5.69 Å². The summed E-state index contributed by atoms with van der Waals surface area (Å²) in [6.07, 6.45) is 4.75. The van der Waals surface area contributed by atoms with Gasteiger partial charge in [0.2, 0.25) is 0 Å². The summed E-state index contributed by atoms with van der Waals surface area (Å²) >= 11 is 18.8. The van der Waals surface area contributed by atoms with Crippen molar-refractivity contribution in [2.75, 3.05) is 31.1 Å². The SMILES string of the molecule is Clc1ccc(C2CN(CCc3cccnc3)CCN2c2ccc(Cl)cc2Cl)cc1. The summed E-state index contributed by atoms with van der Waals surface area (Å²) in [6.45, 7) is 3.78. The van der Waals surface area contributed by atoms with Crippen molar-refractivity contribution in [2.45, 2.75) is 12.5 Å². The van der Waals surface area contributed by atoms with E-state index in [0.29, 0.717) is 10.0 Å². The Labute approximate surface area is 186 Å². The normalized spacial score (nSPS) is 17.5. The second kappa shape index (κ2) is 9.36. The van der Waals surface area contributed by atoms with E-state index in [1.165, 1.54) is 11.1 Å². The first-order chi connectivity index (χ1) is 14.1. The Morgan fingerprint density at radius 3 is 2.45 bits per heavy atom.